The van der Waals surface area contributed by atoms with Crippen LogP contribution in [0.1, 0.15) is 26.3 Å². The molecule has 3 aromatic carbocycles. The molecular formula is C21H14BrClN2O3. The highest BCUT2D eigenvalue weighted by molar-refractivity contribution is 9.10. The van der Waals surface area contributed by atoms with E-state index in [4.69, 9.17) is 16.3 Å². The van der Waals surface area contributed by atoms with Gasteiger partial charge in [-0.05, 0) is 70.0 Å². The third kappa shape index (κ3) is 5.06. The highest BCUT2D eigenvalue weighted by Gasteiger charge is 2.11. The van der Waals surface area contributed by atoms with E-state index in [0.29, 0.717) is 26.4 Å². The van der Waals surface area contributed by atoms with Gasteiger partial charge in [0, 0.05) is 4.47 Å². The fraction of sp³-hybridized carbons (Fsp3) is 0. The van der Waals surface area contributed by atoms with Crippen molar-refractivity contribution >= 4 is 45.6 Å². The summed E-state index contributed by atoms with van der Waals surface area (Å²) in [4.78, 5) is 24.2. The Balaban J connectivity index is 1.59. The first-order chi connectivity index (χ1) is 13.5. The fourth-order valence-corrected chi connectivity index (χ4v) is 2.95. The molecule has 1 amide bonds. The smallest absolute Gasteiger partial charge is 0.344 e. The second-order valence-electron chi connectivity index (χ2n) is 5.62. The molecule has 140 valence electrons. The van der Waals surface area contributed by atoms with Crippen molar-refractivity contribution in [2.75, 3.05) is 0 Å². The van der Waals surface area contributed by atoms with Crippen LogP contribution in [0.5, 0.6) is 5.75 Å². The molecule has 0 aliphatic heterocycles. The average molecular weight is 458 g/mol. The zero-order chi connectivity index (χ0) is 19.9. The molecule has 0 saturated heterocycles. The number of hydrogen-bond donors (Lipinski definition) is 1. The molecule has 0 aliphatic rings. The normalized spacial score (nSPS) is 10.6. The first-order valence-corrected chi connectivity index (χ1v) is 9.36. The van der Waals surface area contributed by atoms with E-state index >= 15 is 0 Å². The Hall–Kier alpha value is -2.96. The van der Waals surface area contributed by atoms with Crippen molar-refractivity contribution in [1.29, 1.82) is 0 Å². The van der Waals surface area contributed by atoms with Crippen molar-refractivity contribution in [2.24, 2.45) is 5.10 Å². The minimum Gasteiger partial charge on any atom is -0.423 e. The van der Waals surface area contributed by atoms with E-state index in [1.807, 2.05) is 6.07 Å². The van der Waals surface area contributed by atoms with Gasteiger partial charge in [0.15, 0.2) is 0 Å². The Kier molecular flexibility index (Phi) is 6.57. The monoisotopic (exact) mass is 456 g/mol. The number of hydrazone groups is 1. The highest BCUT2D eigenvalue weighted by atomic mass is 79.9. The van der Waals surface area contributed by atoms with Crippen LogP contribution in [0.4, 0.5) is 0 Å². The molecule has 0 heterocycles. The van der Waals surface area contributed by atoms with Crippen LogP contribution in [0.3, 0.4) is 0 Å². The summed E-state index contributed by atoms with van der Waals surface area (Å²) < 4.78 is 6.02. The first kappa shape index (κ1) is 19.8. The number of hydrogen-bond acceptors (Lipinski definition) is 4. The first-order valence-electron chi connectivity index (χ1n) is 8.19. The molecule has 28 heavy (non-hydrogen) atoms. The molecular weight excluding hydrogens is 444 g/mol. The lowest BCUT2D eigenvalue weighted by Crippen LogP contribution is -2.17. The predicted octanol–water partition coefficient (Wildman–Crippen LogP) is 5.09. The highest BCUT2D eigenvalue weighted by Crippen LogP contribution is 2.19. The van der Waals surface area contributed by atoms with Crippen LogP contribution < -0.4 is 10.2 Å². The lowest BCUT2D eigenvalue weighted by Gasteiger charge is -2.06. The van der Waals surface area contributed by atoms with Gasteiger partial charge in [-0.15, -0.1) is 0 Å². The van der Waals surface area contributed by atoms with Crippen LogP contribution in [-0.4, -0.2) is 18.1 Å². The number of amides is 1. The second-order valence-corrected chi connectivity index (χ2v) is 6.88. The van der Waals surface area contributed by atoms with E-state index in [1.165, 1.54) is 6.21 Å². The lowest BCUT2D eigenvalue weighted by molar-refractivity contribution is 0.0733. The van der Waals surface area contributed by atoms with E-state index in [2.05, 4.69) is 26.5 Å². The SMILES string of the molecule is O=C(NN=Cc1ccc(OC(=O)c2ccccc2Br)cc1)c1ccccc1Cl. The third-order valence-electron chi connectivity index (χ3n) is 3.68. The molecule has 3 aromatic rings. The molecule has 0 unspecified atom stereocenters. The second kappa shape index (κ2) is 9.30. The number of nitrogens with one attached hydrogen (secondary N) is 1. The number of rotatable bonds is 5. The summed E-state index contributed by atoms with van der Waals surface area (Å²) in [5.74, 6) is -0.459. The quantitative estimate of drug-likeness (QED) is 0.251. The molecule has 0 spiro atoms. The van der Waals surface area contributed by atoms with Gasteiger partial charge in [-0.1, -0.05) is 35.9 Å². The predicted molar refractivity (Wildman–Crippen MR) is 112 cm³/mol. The number of carbonyl (C=O) groups excluding carboxylic acids is 2. The number of ether oxygens (including phenoxy) is 1. The van der Waals surface area contributed by atoms with Crippen molar-refractivity contribution in [3.8, 4) is 5.75 Å². The molecule has 0 fully saturated rings. The summed E-state index contributed by atoms with van der Waals surface area (Å²) in [6, 6.07) is 20.5. The molecule has 0 saturated carbocycles. The zero-order valence-electron chi connectivity index (χ0n) is 14.4. The van der Waals surface area contributed by atoms with Crippen LogP contribution in [0.15, 0.2) is 82.4 Å². The minimum atomic E-state index is -0.458. The van der Waals surface area contributed by atoms with Crippen LogP contribution in [0, 0.1) is 0 Å². The number of esters is 1. The molecule has 3 rings (SSSR count). The largest absolute Gasteiger partial charge is 0.423 e. The van der Waals surface area contributed by atoms with Gasteiger partial charge < -0.3 is 4.74 Å². The molecule has 0 bridgehead atoms. The Morgan fingerprint density at radius 3 is 2.25 bits per heavy atom. The summed E-state index contributed by atoms with van der Waals surface area (Å²) in [7, 11) is 0. The van der Waals surface area contributed by atoms with E-state index in [9.17, 15) is 9.59 Å². The number of carbonyl (C=O) groups is 2. The number of nitrogens with zero attached hydrogens (tertiary/aromatic N) is 1. The molecule has 5 nitrogen and oxygen atoms in total. The molecule has 1 N–H and O–H groups in total. The topological polar surface area (TPSA) is 67.8 Å². The lowest BCUT2D eigenvalue weighted by atomic mass is 10.2. The van der Waals surface area contributed by atoms with Crippen LogP contribution in [0.25, 0.3) is 0 Å². The Labute approximate surface area is 175 Å². The van der Waals surface area contributed by atoms with Crippen LogP contribution >= 0.6 is 27.5 Å². The van der Waals surface area contributed by atoms with E-state index in [-0.39, 0.29) is 0 Å². The average Bonchev–Trinajstić information content (AvgIpc) is 2.70. The molecule has 0 aromatic heterocycles. The summed E-state index contributed by atoms with van der Waals surface area (Å²) in [5, 5.41) is 4.26. The minimum absolute atomic E-state index is 0.343. The maximum atomic E-state index is 12.2. The fourth-order valence-electron chi connectivity index (χ4n) is 2.28. The van der Waals surface area contributed by atoms with Gasteiger partial charge >= 0.3 is 5.97 Å². The molecule has 7 heteroatoms. The maximum Gasteiger partial charge on any atom is 0.344 e. The van der Waals surface area contributed by atoms with Gasteiger partial charge in [0.2, 0.25) is 0 Å². The van der Waals surface area contributed by atoms with Gasteiger partial charge in [-0.2, -0.15) is 5.10 Å². The molecule has 0 aliphatic carbocycles. The van der Waals surface area contributed by atoms with Crippen molar-refractivity contribution in [3.05, 3.63) is 99.0 Å². The van der Waals surface area contributed by atoms with Gasteiger partial charge in [-0.25, -0.2) is 10.2 Å². The Morgan fingerprint density at radius 1 is 0.929 bits per heavy atom. The van der Waals surface area contributed by atoms with Gasteiger partial charge in [0.05, 0.1) is 22.4 Å². The van der Waals surface area contributed by atoms with Crippen LogP contribution in [0.2, 0.25) is 5.02 Å². The standard InChI is InChI=1S/C21H14BrClN2O3/c22-18-7-3-1-5-16(18)21(27)28-15-11-9-14(10-12-15)13-24-25-20(26)17-6-2-4-8-19(17)23/h1-13H,(H,25,26). The van der Waals surface area contributed by atoms with Crippen molar-refractivity contribution < 1.29 is 14.3 Å². The Bertz CT molecular complexity index is 1040. The molecule has 0 atom stereocenters. The van der Waals surface area contributed by atoms with Crippen molar-refractivity contribution in [3.63, 3.8) is 0 Å². The Morgan fingerprint density at radius 2 is 1.57 bits per heavy atom. The van der Waals surface area contributed by atoms with Gasteiger partial charge in [-0.3, -0.25) is 4.79 Å². The van der Waals surface area contributed by atoms with Gasteiger partial charge in [0.1, 0.15) is 5.75 Å². The summed E-state index contributed by atoms with van der Waals surface area (Å²) >= 11 is 9.29. The third-order valence-corrected chi connectivity index (χ3v) is 4.70. The number of halogens is 2. The van der Waals surface area contributed by atoms with Crippen molar-refractivity contribution in [2.45, 2.75) is 0 Å². The summed E-state index contributed by atoms with van der Waals surface area (Å²) in [5.41, 5.74) is 3.92. The van der Waals surface area contributed by atoms with E-state index < -0.39 is 11.9 Å². The van der Waals surface area contributed by atoms with E-state index in [1.54, 1.807) is 66.7 Å². The van der Waals surface area contributed by atoms with Crippen molar-refractivity contribution in [1.82, 2.24) is 5.43 Å². The summed E-state index contributed by atoms with van der Waals surface area (Å²) in [6.45, 7) is 0. The number of benzene rings is 3. The molecule has 0 radical (unpaired) electrons. The zero-order valence-corrected chi connectivity index (χ0v) is 16.8. The summed E-state index contributed by atoms with van der Waals surface area (Å²) in [6.07, 6.45) is 1.48. The van der Waals surface area contributed by atoms with Crippen LogP contribution in [-0.2, 0) is 0 Å². The van der Waals surface area contributed by atoms with E-state index in [0.717, 1.165) is 5.56 Å². The maximum absolute atomic E-state index is 12.2. The van der Waals surface area contributed by atoms with Gasteiger partial charge in [0.25, 0.3) is 5.91 Å².